The summed E-state index contributed by atoms with van der Waals surface area (Å²) in [6.45, 7) is 8.35. The van der Waals surface area contributed by atoms with Gasteiger partial charge in [-0.3, -0.25) is 0 Å². The molecule has 0 amide bonds. The Morgan fingerprint density at radius 3 is 2.57 bits per heavy atom. The van der Waals surface area contributed by atoms with Crippen molar-refractivity contribution in [3.8, 4) is 11.6 Å². The number of nitrogens with one attached hydrogen (secondary N) is 1. The first kappa shape index (κ1) is 15.2. The molecular weight excluding hydrogens is 269 g/mol. The number of aryl methyl sites for hydroxylation is 2. The van der Waals surface area contributed by atoms with Crippen molar-refractivity contribution < 1.29 is 9.13 Å². The van der Waals surface area contributed by atoms with Crippen LogP contribution in [-0.4, -0.2) is 16.5 Å². The molecule has 1 heterocycles. The largest absolute Gasteiger partial charge is 0.438 e. The van der Waals surface area contributed by atoms with E-state index in [1.54, 1.807) is 19.1 Å². The van der Waals surface area contributed by atoms with E-state index in [0.29, 0.717) is 29.4 Å². The molecule has 21 heavy (non-hydrogen) atoms. The summed E-state index contributed by atoms with van der Waals surface area (Å²) in [5.41, 5.74) is 1.40. The van der Waals surface area contributed by atoms with Gasteiger partial charge in [0.15, 0.2) is 0 Å². The zero-order valence-corrected chi connectivity index (χ0v) is 12.8. The first-order valence-corrected chi connectivity index (χ1v) is 7.10. The lowest BCUT2D eigenvalue weighted by atomic mass is 10.2. The molecule has 0 aliphatic carbocycles. The van der Waals surface area contributed by atoms with Crippen molar-refractivity contribution in [1.82, 2.24) is 9.97 Å². The van der Waals surface area contributed by atoms with Crippen molar-refractivity contribution in [2.45, 2.75) is 34.1 Å². The molecule has 1 aromatic carbocycles. The van der Waals surface area contributed by atoms with Crippen LogP contribution in [0.1, 0.15) is 30.8 Å². The third-order valence-corrected chi connectivity index (χ3v) is 3.17. The van der Waals surface area contributed by atoms with Gasteiger partial charge in [0.25, 0.3) is 0 Å². The number of rotatable bonds is 5. The summed E-state index contributed by atoms with van der Waals surface area (Å²) in [6.07, 6.45) is 0.706. The molecule has 0 saturated heterocycles. The molecule has 1 aromatic heterocycles. The van der Waals surface area contributed by atoms with E-state index in [9.17, 15) is 4.39 Å². The lowest BCUT2D eigenvalue weighted by Crippen LogP contribution is -2.07. The minimum absolute atomic E-state index is 0.290. The van der Waals surface area contributed by atoms with Crippen molar-refractivity contribution in [2.75, 3.05) is 11.9 Å². The van der Waals surface area contributed by atoms with E-state index < -0.39 is 0 Å². The molecular formula is C16H20FN3O. The summed E-state index contributed by atoms with van der Waals surface area (Å²) >= 11 is 0. The molecule has 0 bridgehead atoms. The predicted molar refractivity (Wildman–Crippen MR) is 81.5 cm³/mol. The molecule has 2 rings (SSSR count). The second-order valence-electron chi connectivity index (χ2n) is 4.82. The van der Waals surface area contributed by atoms with Gasteiger partial charge in [-0.05, 0) is 32.4 Å². The van der Waals surface area contributed by atoms with Crippen LogP contribution in [0.4, 0.5) is 10.2 Å². The Morgan fingerprint density at radius 1 is 1.19 bits per heavy atom. The fraction of sp³-hybridized carbons (Fsp3) is 0.375. The molecule has 0 aliphatic rings. The summed E-state index contributed by atoms with van der Waals surface area (Å²) in [5.74, 6) is 2.05. The molecule has 0 spiro atoms. The fourth-order valence-corrected chi connectivity index (χ4v) is 1.89. The van der Waals surface area contributed by atoms with Crippen LogP contribution in [0.5, 0.6) is 11.6 Å². The van der Waals surface area contributed by atoms with Crippen molar-refractivity contribution in [1.29, 1.82) is 0 Å². The van der Waals surface area contributed by atoms with Crippen LogP contribution in [0, 0.1) is 19.7 Å². The van der Waals surface area contributed by atoms with Crippen molar-refractivity contribution in [3.63, 3.8) is 0 Å². The molecule has 112 valence electrons. The number of hydrogen-bond acceptors (Lipinski definition) is 4. The van der Waals surface area contributed by atoms with E-state index in [1.807, 2.05) is 20.8 Å². The zero-order valence-electron chi connectivity index (χ0n) is 12.8. The van der Waals surface area contributed by atoms with Crippen LogP contribution in [0.15, 0.2) is 18.2 Å². The normalized spacial score (nSPS) is 10.5. The molecule has 2 aromatic rings. The molecule has 0 aliphatic heterocycles. The highest BCUT2D eigenvalue weighted by Crippen LogP contribution is 2.28. The zero-order chi connectivity index (χ0) is 15.4. The van der Waals surface area contributed by atoms with Crippen LogP contribution in [-0.2, 0) is 6.42 Å². The minimum Gasteiger partial charge on any atom is -0.438 e. The second-order valence-corrected chi connectivity index (χ2v) is 4.82. The molecule has 0 fully saturated rings. The van der Waals surface area contributed by atoms with Gasteiger partial charge >= 0.3 is 0 Å². The predicted octanol–water partition coefficient (Wildman–Crippen LogP) is 4.02. The van der Waals surface area contributed by atoms with Gasteiger partial charge in [0.1, 0.15) is 23.2 Å². The highest BCUT2D eigenvalue weighted by Gasteiger charge is 2.12. The maximum Gasteiger partial charge on any atom is 0.227 e. The first-order valence-electron chi connectivity index (χ1n) is 7.10. The second kappa shape index (κ2) is 6.52. The highest BCUT2D eigenvalue weighted by atomic mass is 19.1. The molecule has 0 unspecified atom stereocenters. The highest BCUT2D eigenvalue weighted by molar-refractivity contribution is 5.49. The Bertz CT molecular complexity index is 644. The van der Waals surface area contributed by atoms with E-state index in [0.717, 1.165) is 17.9 Å². The van der Waals surface area contributed by atoms with Gasteiger partial charge < -0.3 is 10.1 Å². The molecule has 0 atom stereocenters. The van der Waals surface area contributed by atoms with E-state index in [1.165, 1.54) is 6.07 Å². The monoisotopic (exact) mass is 289 g/mol. The molecule has 5 heteroatoms. The van der Waals surface area contributed by atoms with Crippen molar-refractivity contribution >= 4 is 5.82 Å². The van der Waals surface area contributed by atoms with Crippen molar-refractivity contribution in [2.24, 2.45) is 0 Å². The molecule has 1 N–H and O–H groups in total. The third kappa shape index (κ3) is 3.48. The van der Waals surface area contributed by atoms with Gasteiger partial charge in [0.2, 0.25) is 5.88 Å². The van der Waals surface area contributed by atoms with Gasteiger partial charge in [-0.2, -0.15) is 4.98 Å². The number of hydrogen-bond donors (Lipinski definition) is 1. The van der Waals surface area contributed by atoms with Crippen LogP contribution < -0.4 is 10.1 Å². The van der Waals surface area contributed by atoms with E-state index in [2.05, 4.69) is 15.3 Å². The van der Waals surface area contributed by atoms with E-state index in [-0.39, 0.29) is 5.82 Å². The quantitative estimate of drug-likeness (QED) is 0.903. The minimum atomic E-state index is -0.290. The number of aromatic nitrogens is 2. The standard InChI is InChI=1S/C16H20FN3O/c1-5-14-19-15(18-6-2)11(4)16(20-14)21-12-8-7-10(3)13(17)9-12/h7-9H,5-6H2,1-4H3,(H,18,19,20). The molecule has 4 nitrogen and oxygen atoms in total. The number of benzene rings is 1. The van der Waals surface area contributed by atoms with Crippen LogP contribution in [0.25, 0.3) is 0 Å². The van der Waals surface area contributed by atoms with Crippen molar-refractivity contribution in [3.05, 3.63) is 41.0 Å². The van der Waals surface area contributed by atoms with Gasteiger partial charge in [0, 0.05) is 19.0 Å². The first-order chi connectivity index (χ1) is 10.0. The maximum absolute atomic E-state index is 13.6. The van der Waals surface area contributed by atoms with Crippen LogP contribution in [0.2, 0.25) is 0 Å². The van der Waals surface area contributed by atoms with Gasteiger partial charge in [-0.15, -0.1) is 0 Å². The summed E-state index contributed by atoms with van der Waals surface area (Å²) in [7, 11) is 0. The van der Waals surface area contributed by atoms with Gasteiger partial charge in [0.05, 0.1) is 5.56 Å². The van der Waals surface area contributed by atoms with Crippen LogP contribution in [0.3, 0.4) is 0 Å². The Balaban J connectivity index is 2.37. The average Bonchev–Trinajstić information content (AvgIpc) is 2.47. The molecule has 0 radical (unpaired) electrons. The topological polar surface area (TPSA) is 47.0 Å². The smallest absolute Gasteiger partial charge is 0.227 e. The summed E-state index contributed by atoms with van der Waals surface area (Å²) < 4.78 is 19.3. The Labute approximate surface area is 124 Å². The average molecular weight is 289 g/mol. The fourth-order valence-electron chi connectivity index (χ4n) is 1.89. The lowest BCUT2D eigenvalue weighted by Gasteiger charge is -2.13. The summed E-state index contributed by atoms with van der Waals surface area (Å²) in [4.78, 5) is 8.82. The van der Waals surface area contributed by atoms with Crippen LogP contribution >= 0.6 is 0 Å². The van der Waals surface area contributed by atoms with E-state index in [4.69, 9.17) is 4.74 Å². The number of halogens is 1. The number of ether oxygens (including phenoxy) is 1. The summed E-state index contributed by atoms with van der Waals surface area (Å²) in [5, 5.41) is 3.19. The number of nitrogens with zero attached hydrogens (tertiary/aromatic N) is 2. The Hall–Kier alpha value is -2.17. The summed E-state index contributed by atoms with van der Waals surface area (Å²) in [6, 6.07) is 4.79. The lowest BCUT2D eigenvalue weighted by molar-refractivity contribution is 0.450. The Morgan fingerprint density at radius 2 is 1.95 bits per heavy atom. The van der Waals surface area contributed by atoms with Gasteiger partial charge in [-0.25, -0.2) is 9.37 Å². The SMILES string of the molecule is CCNc1nc(CC)nc(Oc2ccc(C)c(F)c2)c1C. The molecule has 0 saturated carbocycles. The maximum atomic E-state index is 13.6. The van der Waals surface area contributed by atoms with E-state index >= 15 is 0 Å². The third-order valence-electron chi connectivity index (χ3n) is 3.17. The van der Waals surface area contributed by atoms with Gasteiger partial charge in [-0.1, -0.05) is 13.0 Å². The number of anilines is 1. The Kier molecular flexibility index (Phi) is 4.73.